The first-order valence-corrected chi connectivity index (χ1v) is 7.33. The third-order valence-electron chi connectivity index (χ3n) is 2.96. The zero-order valence-electron chi connectivity index (χ0n) is 10.9. The van der Waals surface area contributed by atoms with Gasteiger partial charge in [0.05, 0.1) is 18.4 Å². The highest BCUT2D eigenvalue weighted by Gasteiger charge is 2.07. The van der Waals surface area contributed by atoms with Gasteiger partial charge in [0.2, 0.25) is 5.91 Å². The maximum atomic E-state index is 11.8. The Morgan fingerprint density at radius 1 is 1.40 bits per heavy atom. The molecular weight excluding hydrogens is 274 g/mol. The van der Waals surface area contributed by atoms with Gasteiger partial charge in [0.25, 0.3) is 0 Å². The number of rotatable bonds is 6. The predicted octanol–water partition coefficient (Wildman–Crippen LogP) is 1.34. The monoisotopic (exact) mass is 289 g/mol. The Kier molecular flexibility index (Phi) is 3.78. The zero-order chi connectivity index (χ0) is 13.8. The molecule has 7 heteroatoms. The Morgan fingerprint density at radius 3 is 3.15 bits per heavy atom. The number of carbonyl (C=O) groups excluding carboxylic acids is 1. The summed E-state index contributed by atoms with van der Waals surface area (Å²) in [6, 6.07) is 0. The van der Waals surface area contributed by atoms with E-state index in [1.165, 1.54) is 0 Å². The smallest absolute Gasteiger partial charge is 0.226 e. The van der Waals surface area contributed by atoms with Crippen LogP contribution in [0.3, 0.4) is 0 Å². The molecule has 0 unspecified atom stereocenters. The lowest BCUT2D eigenvalue weighted by Gasteiger charge is -2.04. The van der Waals surface area contributed by atoms with E-state index >= 15 is 0 Å². The Bertz CT molecular complexity index is 656. The van der Waals surface area contributed by atoms with Crippen molar-refractivity contribution in [2.24, 2.45) is 0 Å². The van der Waals surface area contributed by atoms with Crippen molar-refractivity contribution in [2.75, 3.05) is 6.54 Å². The van der Waals surface area contributed by atoms with E-state index in [0.717, 1.165) is 23.6 Å². The molecule has 1 amide bonds. The fourth-order valence-corrected chi connectivity index (χ4v) is 2.72. The Morgan fingerprint density at radius 2 is 2.35 bits per heavy atom. The molecule has 3 aromatic rings. The SMILES string of the molecule is O=C(Cc1cn2ccsc2n1)NCCCn1ccnc1. The van der Waals surface area contributed by atoms with Crippen LogP contribution in [0.2, 0.25) is 0 Å². The molecule has 6 nitrogen and oxygen atoms in total. The summed E-state index contributed by atoms with van der Waals surface area (Å²) in [6.45, 7) is 1.53. The lowest BCUT2D eigenvalue weighted by Crippen LogP contribution is -2.26. The maximum Gasteiger partial charge on any atom is 0.226 e. The Balaban J connectivity index is 1.42. The quantitative estimate of drug-likeness (QED) is 0.697. The summed E-state index contributed by atoms with van der Waals surface area (Å²) in [5.74, 6) is 0.0152. The molecular formula is C13H15N5OS. The van der Waals surface area contributed by atoms with Crippen LogP contribution in [-0.2, 0) is 17.8 Å². The fraction of sp³-hybridized carbons (Fsp3) is 0.308. The minimum absolute atomic E-state index is 0.0152. The van der Waals surface area contributed by atoms with Crippen molar-refractivity contribution >= 4 is 22.2 Å². The van der Waals surface area contributed by atoms with Gasteiger partial charge in [-0.1, -0.05) is 0 Å². The summed E-state index contributed by atoms with van der Waals surface area (Å²) in [5, 5.41) is 4.89. The van der Waals surface area contributed by atoms with E-state index in [9.17, 15) is 4.79 Å². The molecule has 0 aliphatic carbocycles. The highest BCUT2D eigenvalue weighted by Crippen LogP contribution is 2.11. The van der Waals surface area contributed by atoms with Gasteiger partial charge in [-0.3, -0.25) is 9.20 Å². The van der Waals surface area contributed by atoms with E-state index in [0.29, 0.717) is 13.0 Å². The van der Waals surface area contributed by atoms with Crippen molar-refractivity contribution in [3.8, 4) is 0 Å². The molecule has 3 rings (SSSR count). The number of nitrogens with zero attached hydrogens (tertiary/aromatic N) is 4. The van der Waals surface area contributed by atoms with E-state index in [1.807, 2.05) is 32.9 Å². The first-order chi connectivity index (χ1) is 9.81. The highest BCUT2D eigenvalue weighted by atomic mass is 32.1. The molecule has 0 fully saturated rings. The molecule has 20 heavy (non-hydrogen) atoms. The average molecular weight is 289 g/mol. The Hall–Kier alpha value is -2.15. The van der Waals surface area contributed by atoms with Gasteiger partial charge in [0.1, 0.15) is 0 Å². The number of hydrogen-bond acceptors (Lipinski definition) is 4. The minimum Gasteiger partial charge on any atom is -0.356 e. The lowest BCUT2D eigenvalue weighted by molar-refractivity contribution is -0.120. The third-order valence-corrected chi connectivity index (χ3v) is 3.73. The predicted molar refractivity (Wildman–Crippen MR) is 76.6 cm³/mol. The second-order valence-electron chi connectivity index (χ2n) is 4.51. The number of carbonyl (C=O) groups is 1. The molecule has 104 valence electrons. The molecule has 0 bridgehead atoms. The van der Waals surface area contributed by atoms with Crippen molar-refractivity contribution in [2.45, 2.75) is 19.4 Å². The summed E-state index contributed by atoms with van der Waals surface area (Å²) in [6.07, 6.45) is 10.5. The number of fused-ring (bicyclic) bond motifs is 1. The zero-order valence-corrected chi connectivity index (χ0v) is 11.7. The van der Waals surface area contributed by atoms with Crippen molar-refractivity contribution in [1.29, 1.82) is 0 Å². The molecule has 0 saturated carbocycles. The summed E-state index contributed by atoms with van der Waals surface area (Å²) < 4.78 is 3.93. The number of nitrogens with one attached hydrogen (secondary N) is 1. The molecule has 0 aliphatic heterocycles. The van der Waals surface area contributed by atoms with Crippen LogP contribution in [0.15, 0.2) is 36.5 Å². The van der Waals surface area contributed by atoms with Crippen molar-refractivity contribution in [3.05, 3.63) is 42.2 Å². The number of aryl methyl sites for hydroxylation is 1. The first-order valence-electron chi connectivity index (χ1n) is 6.45. The third kappa shape index (κ3) is 3.05. The largest absolute Gasteiger partial charge is 0.356 e. The van der Waals surface area contributed by atoms with Crippen LogP contribution < -0.4 is 5.32 Å². The number of amides is 1. The van der Waals surface area contributed by atoms with Crippen molar-refractivity contribution in [1.82, 2.24) is 24.3 Å². The fourth-order valence-electron chi connectivity index (χ4n) is 2.00. The molecule has 1 N–H and O–H groups in total. The van der Waals surface area contributed by atoms with E-state index in [4.69, 9.17) is 0 Å². The number of aromatic nitrogens is 4. The molecule has 0 spiro atoms. The highest BCUT2D eigenvalue weighted by molar-refractivity contribution is 7.15. The van der Waals surface area contributed by atoms with Crippen LogP contribution in [0.25, 0.3) is 4.96 Å². The maximum absolute atomic E-state index is 11.8. The summed E-state index contributed by atoms with van der Waals surface area (Å²) in [7, 11) is 0. The summed E-state index contributed by atoms with van der Waals surface area (Å²) >= 11 is 1.57. The van der Waals surface area contributed by atoms with Gasteiger partial charge in [-0.15, -0.1) is 11.3 Å². The van der Waals surface area contributed by atoms with Gasteiger partial charge in [-0.25, -0.2) is 9.97 Å². The average Bonchev–Trinajstić information content (AvgIpc) is 3.10. The number of imidazole rings is 2. The number of hydrogen-bond donors (Lipinski definition) is 1. The van der Waals surface area contributed by atoms with Gasteiger partial charge in [-0.05, 0) is 6.42 Å². The molecule has 0 aromatic carbocycles. The molecule has 0 aliphatic rings. The number of thiazole rings is 1. The molecule has 0 atom stereocenters. The van der Waals surface area contributed by atoms with E-state index in [1.54, 1.807) is 23.9 Å². The second-order valence-corrected chi connectivity index (χ2v) is 5.38. The van der Waals surface area contributed by atoms with Crippen LogP contribution >= 0.6 is 11.3 Å². The van der Waals surface area contributed by atoms with Crippen LogP contribution in [0.1, 0.15) is 12.1 Å². The molecule has 0 radical (unpaired) electrons. The standard InChI is InChI=1S/C13H15N5OS/c19-12(15-2-1-4-17-5-3-14-10-17)8-11-9-18-6-7-20-13(18)16-11/h3,5-7,9-10H,1-2,4,8H2,(H,15,19). The summed E-state index contributed by atoms with van der Waals surface area (Å²) in [5.41, 5.74) is 0.809. The van der Waals surface area contributed by atoms with E-state index < -0.39 is 0 Å². The van der Waals surface area contributed by atoms with Crippen molar-refractivity contribution < 1.29 is 4.79 Å². The molecule has 0 saturated heterocycles. The van der Waals surface area contributed by atoms with Gasteiger partial charge in [-0.2, -0.15) is 0 Å². The normalized spacial score (nSPS) is 11.0. The van der Waals surface area contributed by atoms with Crippen LogP contribution in [0.5, 0.6) is 0 Å². The summed E-state index contributed by atoms with van der Waals surface area (Å²) in [4.78, 5) is 21.1. The van der Waals surface area contributed by atoms with Gasteiger partial charge in [0, 0.05) is 43.3 Å². The minimum atomic E-state index is 0.0152. The van der Waals surface area contributed by atoms with Crippen molar-refractivity contribution in [3.63, 3.8) is 0 Å². The van der Waals surface area contributed by atoms with Gasteiger partial charge in [0.15, 0.2) is 4.96 Å². The second kappa shape index (κ2) is 5.87. The van der Waals surface area contributed by atoms with Crippen LogP contribution in [-0.4, -0.2) is 31.4 Å². The van der Waals surface area contributed by atoms with Gasteiger partial charge < -0.3 is 9.88 Å². The first kappa shape index (κ1) is 12.9. The molecule has 3 heterocycles. The topological polar surface area (TPSA) is 64.2 Å². The molecule has 3 aromatic heterocycles. The van der Waals surface area contributed by atoms with Gasteiger partial charge >= 0.3 is 0 Å². The lowest BCUT2D eigenvalue weighted by atomic mass is 10.3. The van der Waals surface area contributed by atoms with E-state index in [2.05, 4.69) is 15.3 Å². The van der Waals surface area contributed by atoms with E-state index in [-0.39, 0.29) is 5.91 Å². The van der Waals surface area contributed by atoms with Crippen LogP contribution in [0.4, 0.5) is 0 Å². The van der Waals surface area contributed by atoms with Crippen LogP contribution in [0, 0.1) is 0 Å². The Labute approximate surface area is 120 Å².